The highest BCUT2D eigenvalue weighted by Crippen LogP contribution is 2.51. The molecule has 1 heterocycles. The van der Waals surface area contributed by atoms with Gasteiger partial charge in [0.2, 0.25) is 0 Å². The van der Waals surface area contributed by atoms with Crippen molar-refractivity contribution in [1.82, 2.24) is 0 Å². The van der Waals surface area contributed by atoms with E-state index in [1.165, 1.54) is 6.42 Å². The quantitative estimate of drug-likeness (QED) is 0.809. The Morgan fingerprint density at radius 1 is 1.24 bits per heavy atom. The van der Waals surface area contributed by atoms with Crippen molar-refractivity contribution < 1.29 is 14.6 Å². The van der Waals surface area contributed by atoms with Crippen molar-refractivity contribution in [2.24, 2.45) is 17.3 Å². The molecular formula is C14H26O3. The molecule has 1 saturated carbocycles. The molecule has 1 saturated heterocycles. The highest BCUT2D eigenvalue weighted by atomic mass is 16.7. The third-order valence-electron chi connectivity index (χ3n) is 5.00. The van der Waals surface area contributed by atoms with Gasteiger partial charge < -0.3 is 14.6 Å². The van der Waals surface area contributed by atoms with Gasteiger partial charge in [-0.15, -0.1) is 0 Å². The van der Waals surface area contributed by atoms with E-state index in [9.17, 15) is 5.11 Å². The van der Waals surface area contributed by atoms with Gasteiger partial charge in [-0.3, -0.25) is 0 Å². The molecule has 0 spiro atoms. The topological polar surface area (TPSA) is 38.7 Å². The Balaban J connectivity index is 2.17. The Morgan fingerprint density at radius 2 is 1.94 bits per heavy atom. The predicted molar refractivity (Wildman–Crippen MR) is 66.6 cm³/mol. The number of aliphatic hydroxyl groups excluding tert-OH is 1. The molecule has 0 aromatic rings. The Kier molecular flexibility index (Phi) is 3.54. The van der Waals surface area contributed by atoms with E-state index in [0.29, 0.717) is 17.9 Å². The summed E-state index contributed by atoms with van der Waals surface area (Å²) in [6, 6.07) is 0. The molecule has 2 rings (SSSR count). The fourth-order valence-corrected chi connectivity index (χ4v) is 3.54. The predicted octanol–water partition coefficient (Wildman–Crippen LogP) is 2.57. The smallest absolute Gasteiger partial charge is 0.163 e. The first kappa shape index (κ1) is 13.3. The number of hydrogen-bond acceptors (Lipinski definition) is 3. The van der Waals surface area contributed by atoms with Crippen LogP contribution in [0.15, 0.2) is 0 Å². The van der Waals surface area contributed by atoms with E-state index < -0.39 is 5.79 Å². The highest BCUT2D eigenvalue weighted by Gasteiger charge is 2.50. The van der Waals surface area contributed by atoms with Crippen molar-refractivity contribution in [3.8, 4) is 0 Å². The summed E-state index contributed by atoms with van der Waals surface area (Å²) in [4.78, 5) is 0. The Labute approximate surface area is 104 Å². The fraction of sp³-hybridized carbons (Fsp3) is 1.00. The van der Waals surface area contributed by atoms with E-state index in [1.807, 2.05) is 13.8 Å². The Morgan fingerprint density at radius 3 is 2.59 bits per heavy atom. The Bertz CT molecular complexity index is 277. The number of rotatable bonds is 2. The maximum absolute atomic E-state index is 9.31. The summed E-state index contributed by atoms with van der Waals surface area (Å²) in [6.07, 6.45) is 3.46. The zero-order valence-corrected chi connectivity index (χ0v) is 11.5. The van der Waals surface area contributed by atoms with Crippen LogP contribution in [0, 0.1) is 17.3 Å². The Hall–Kier alpha value is -0.120. The van der Waals surface area contributed by atoms with Gasteiger partial charge in [0.05, 0.1) is 12.7 Å². The minimum Gasteiger partial charge on any atom is -0.396 e. The van der Waals surface area contributed by atoms with Crippen LogP contribution in [-0.4, -0.2) is 30.2 Å². The van der Waals surface area contributed by atoms with Crippen LogP contribution < -0.4 is 0 Å². The average molecular weight is 242 g/mol. The summed E-state index contributed by atoms with van der Waals surface area (Å²) in [5.41, 5.74) is 0.147. The first-order valence-electron chi connectivity index (χ1n) is 6.82. The molecule has 2 fully saturated rings. The van der Waals surface area contributed by atoms with E-state index >= 15 is 0 Å². The minimum absolute atomic E-state index is 0.147. The van der Waals surface area contributed by atoms with Crippen LogP contribution in [0.5, 0.6) is 0 Å². The zero-order valence-electron chi connectivity index (χ0n) is 11.5. The molecule has 100 valence electrons. The lowest BCUT2D eigenvalue weighted by Gasteiger charge is -2.54. The third kappa shape index (κ3) is 2.38. The van der Waals surface area contributed by atoms with Crippen LogP contribution in [0.1, 0.15) is 47.0 Å². The van der Waals surface area contributed by atoms with Gasteiger partial charge in [0.15, 0.2) is 5.79 Å². The average Bonchev–Trinajstić information content (AvgIpc) is 2.23. The van der Waals surface area contributed by atoms with Crippen molar-refractivity contribution in [1.29, 1.82) is 0 Å². The van der Waals surface area contributed by atoms with Gasteiger partial charge in [-0.25, -0.2) is 0 Å². The third-order valence-corrected chi connectivity index (χ3v) is 5.00. The molecule has 0 aromatic carbocycles. The summed E-state index contributed by atoms with van der Waals surface area (Å²) in [6.45, 7) is 9.59. The molecule has 0 radical (unpaired) electrons. The molecule has 0 unspecified atom stereocenters. The molecule has 1 N–H and O–H groups in total. The number of fused-ring (bicyclic) bond motifs is 1. The largest absolute Gasteiger partial charge is 0.396 e. The summed E-state index contributed by atoms with van der Waals surface area (Å²) < 4.78 is 11.9. The highest BCUT2D eigenvalue weighted by molar-refractivity contribution is 4.97. The number of aliphatic hydroxyl groups is 1. The zero-order chi connectivity index (χ0) is 12.7. The van der Waals surface area contributed by atoms with Crippen molar-refractivity contribution in [3.05, 3.63) is 0 Å². The molecule has 2 aliphatic rings. The van der Waals surface area contributed by atoms with Crippen LogP contribution in [-0.2, 0) is 9.47 Å². The molecule has 3 nitrogen and oxygen atoms in total. The van der Waals surface area contributed by atoms with Gasteiger partial charge in [0, 0.05) is 12.5 Å². The summed E-state index contributed by atoms with van der Waals surface area (Å²) in [5.74, 6) is 0.609. The van der Waals surface area contributed by atoms with Crippen molar-refractivity contribution in [3.63, 3.8) is 0 Å². The number of hydrogen-bond donors (Lipinski definition) is 1. The molecule has 4 atom stereocenters. The second-order valence-electron chi connectivity index (χ2n) is 6.43. The van der Waals surface area contributed by atoms with Gasteiger partial charge >= 0.3 is 0 Å². The van der Waals surface area contributed by atoms with E-state index in [2.05, 4.69) is 13.8 Å². The van der Waals surface area contributed by atoms with Gasteiger partial charge in [0.1, 0.15) is 0 Å². The van der Waals surface area contributed by atoms with Gasteiger partial charge in [-0.05, 0) is 44.4 Å². The molecular weight excluding hydrogens is 216 g/mol. The van der Waals surface area contributed by atoms with Crippen LogP contribution in [0.25, 0.3) is 0 Å². The lowest BCUT2D eigenvalue weighted by atomic mass is 9.59. The van der Waals surface area contributed by atoms with Gasteiger partial charge in [-0.1, -0.05) is 13.8 Å². The standard InChI is InChI=1S/C14H26O3/c1-10-5-6-12-11(14(10,4)7-8-15)9-16-13(2,3)17-12/h10-12,15H,5-9H2,1-4H3/t10-,11-,12-,14+/m0/s1. The maximum Gasteiger partial charge on any atom is 0.163 e. The summed E-state index contributed by atoms with van der Waals surface area (Å²) in [7, 11) is 0. The SMILES string of the molecule is C[C@H]1CC[C@@H]2OC(C)(C)OC[C@@H]2[C@]1(C)CCO. The van der Waals surface area contributed by atoms with Gasteiger partial charge in [-0.2, -0.15) is 0 Å². The van der Waals surface area contributed by atoms with E-state index in [-0.39, 0.29) is 12.0 Å². The minimum atomic E-state index is -0.443. The van der Waals surface area contributed by atoms with Crippen molar-refractivity contribution in [2.45, 2.75) is 58.8 Å². The monoisotopic (exact) mass is 242 g/mol. The summed E-state index contributed by atoms with van der Waals surface area (Å²) in [5, 5.41) is 9.31. The first-order chi connectivity index (χ1) is 7.89. The molecule has 1 aliphatic carbocycles. The van der Waals surface area contributed by atoms with Gasteiger partial charge in [0.25, 0.3) is 0 Å². The molecule has 0 bridgehead atoms. The van der Waals surface area contributed by atoms with Crippen LogP contribution in [0.2, 0.25) is 0 Å². The van der Waals surface area contributed by atoms with Crippen molar-refractivity contribution >= 4 is 0 Å². The summed E-state index contributed by atoms with van der Waals surface area (Å²) >= 11 is 0. The van der Waals surface area contributed by atoms with E-state index in [0.717, 1.165) is 19.4 Å². The lowest BCUT2D eigenvalue weighted by Crippen LogP contribution is -2.55. The van der Waals surface area contributed by atoms with E-state index in [4.69, 9.17) is 9.47 Å². The maximum atomic E-state index is 9.31. The van der Waals surface area contributed by atoms with Crippen LogP contribution in [0.3, 0.4) is 0 Å². The van der Waals surface area contributed by atoms with Crippen molar-refractivity contribution in [2.75, 3.05) is 13.2 Å². The second kappa shape index (κ2) is 4.52. The normalized spacial score (nSPS) is 45.4. The second-order valence-corrected chi connectivity index (χ2v) is 6.43. The molecule has 1 aliphatic heterocycles. The number of ether oxygens (including phenoxy) is 2. The first-order valence-corrected chi connectivity index (χ1v) is 6.82. The molecule has 3 heteroatoms. The molecule has 0 amide bonds. The van der Waals surface area contributed by atoms with Crippen LogP contribution in [0.4, 0.5) is 0 Å². The van der Waals surface area contributed by atoms with Crippen LogP contribution >= 0.6 is 0 Å². The molecule has 17 heavy (non-hydrogen) atoms. The molecule has 0 aromatic heterocycles. The van der Waals surface area contributed by atoms with E-state index in [1.54, 1.807) is 0 Å². The lowest BCUT2D eigenvalue weighted by molar-refractivity contribution is -0.318. The fourth-order valence-electron chi connectivity index (χ4n) is 3.54.